The third-order valence-corrected chi connectivity index (χ3v) is 3.39. The Hall–Kier alpha value is -2.09. The Morgan fingerprint density at radius 1 is 1.35 bits per heavy atom. The Balaban J connectivity index is 2.07. The summed E-state index contributed by atoms with van der Waals surface area (Å²) in [4.78, 5) is 0. The molecule has 8 heteroatoms. The summed E-state index contributed by atoms with van der Waals surface area (Å²) >= 11 is 0. The van der Waals surface area contributed by atoms with Gasteiger partial charge in [0.05, 0.1) is 30.4 Å². The maximum atomic E-state index is 11.2. The monoisotopic (exact) mass is 295 g/mol. The summed E-state index contributed by atoms with van der Waals surface area (Å²) in [6, 6.07) is 5.45. The van der Waals surface area contributed by atoms with Crippen LogP contribution in [-0.4, -0.2) is 29.7 Å². The number of aromatic nitrogens is 3. The van der Waals surface area contributed by atoms with E-state index < -0.39 is 10.0 Å². The highest BCUT2D eigenvalue weighted by molar-refractivity contribution is 7.92. The van der Waals surface area contributed by atoms with Gasteiger partial charge in [-0.2, -0.15) is 0 Å². The quantitative estimate of drug-likeness (QED) is 0.862. The molecular formula is C12H17N5O2S. The number of hydrogen-bond acceptors (Lipinski definition) is 5. The molecule has 2 rings (SSSR count). The van der Waals surface area contributed by atoms with Gasteiger partial charge >= 0.3 is 0 Å². The predicted molar refractivity (Wildman–Crippen MR) is 78.0 cm³/mol. The molecule has 0 saturated heterocycles. The van der Waals surface area contributed by atoms with E-state index in [9.17, 15) is 8.42 Å². The molecule has 2 N–H and O–H groups in total. The van der Waals surface area contributed by atoms with Crippen LogP contribution in [0, 0.1) is 6.92 Å². The lowest BCUT2D eigenvalue weighted by molar-refractivity contribution is 0.607. The molecule has 20 heavy (non-hydrogen) atoms. The summed E-state index contributed by atoms with van der Waals surface area (Å²) in [6.45, 7) is 2.45. The van der Waals surface area contributed by atoms with Crippen molar-refractivity contribution in [1.29, 1.82) is 0 Å². The van der Waals surface area contributed by atoms with Crippen LogP contribution in [0.3, 0.4) is 0 Å². The zero-order valence-electron chi connectivity index (χ0n) is 11.6. The van der Waals surface area contributed by atoms with Crippen LogP contribution >= 0.6 is 0 Å². The Morgan fingerprint density at radius 3 is 2.65 bits per heavy atom. The van der Waals surface area contributed by atoms with E-state index in [4.69, 9.17) is 0 Å². The number of anilines is 2. The van der Waals surface area contributed by atoms with Gasteiger partial charge in [0.1, 0.15) is 0 Å². The summed E-state index contributed by atoms with van der Waals surface area (Å²) < 4.78 is 26.6. The molecule has 108 valence electrons. The number of hydrogen-bond donors (Lipinski definition) is 2. The Morgan fingerprint density at radius 2 is 2.10 bits per heavy atom. The van der Waals surface area contributed by atoms with Gasteiger partial charge in [0.2, 0.25) is 10.0 Å². The number of nitrogens with zero attached hydrogens (tertiary/aromatic N) is 3. The SMILES string of the molecule is Cc1cc(NCc2cnnn2C)ccc1NS(C)(=O)=O. The highest BCUT2D eigenvalue weighted by atomic mass is 32.2. The van der Waals surface area contributed by atoms with E-state index in [1.807, 2.05) is 26.1 Å². The molecule has 7 nitrogen and oxygen atoms in total. The lowest BCUT2D eigenvalue weighted by Gasteiger charge is -2.11. The lowest BCUT2D eigenvalue weighted by atomic mass is 10.2. The number of sulfonamides is 1. The Kier molecular flexibility index (Phi) is 3.93. The van der Waals surface area contributed by atoms with Crippen molar-refractivity contribution < 1.29 is 8.42 Å². The van der Waals surface area contributed by atoms with Crippen LogP contribution in [0.15, 0.2) is 24.4 Å². The zero-order valence-corrected chi connectivity index (χ0v) is 12.4. The fraction of sp³-hybridized carbons (Fsp3) is 0.333. The van der Waals surface area contributed by atoms with Gasteiger partial charge in [0, 0.05) is 12.7 Å². The average molecular weight is 295 g/mol. The van der Waals surface area contributed by atoms with Gasteiger partial charge in [-0.1, -0.05) is 5.21 Å². The predicted octanol–water partition coefficient (Wildman–Crippen LogP) is 1.11. The normalized spacial score (nSPS) is 11.3. The van der Waals surface area contributed by atoms with Gasteiger partial charge in [-0.15, -0.1) is 5.10 Å². The molecule has 0 fully saturated rings. The minimum Gasteiger partial charge on any atom is -0.379 e. The summed E-state index contributed by atoms with van der Waals surface area (Å²) in [5.74, 6) is 0. The van der Waals surface area contributed by atoms with E-state index >= 15 is 0 Å². The van der Waals surface area contributed by atoms with Crippen LogP contribution in [0.1, 0.15) is 11.3 Å². The van der Waals surface area contributed by atoms with Crippen molar-refractivity contribution in [3.8, 4) is 0 Å². The Bertz CT molecular complexity index is 708. The van der Waals surface area contributed by atoms with Crippen molar-refractivity contribution in [2.24, 2.45) is 7.05 Å². The molecule has 0 saturated carbocycles. The first-order valence-electron chi connectivity index (χ1n) is 6.01. The third-order valence-electron chi connectivity index (χ3n) is 2.80. The van der Waals surface area contributed by atoms with Crippen LogP contribution in [0.2, 0.25) is 0 Å². The van der Waals surface area contributed by atoms with Gasteiger partial charge in [0.25, 0.3) is 0 Å². The zero-order chi connectivity index (χ0) is 14.8. The molecule has 0 atom stereocenters. The smallest absolute Gasteiger partial charge is 0.229 e. The molecule has 1 aromatic carbocycles. The first kappa shape index (κ1) is 14.3. The summed E-state index contributed by atoms with van der Waals surface area (Å²) in [5, 5.41) is 10.9. The van der Waals surface area contributed by atoms with E-state index in [2.05, 4.69) is 20.4 Å². The molecule has 2 aromatic rings. The molecule has 0 unspecified atom stereocenters. The van der Waals surface area contributed by atoms with Crippen LogP contribution in [0.4, 0.5) is 11.4 Å². The summed E-state index contributed by atoms with van der Waals surface area (Å²) in [6.07, 6.45) is 2.83. The van der Waals surface area contributed by atoms with Gasteiger partial charge in [-0.05, 0) is 30.7 Å². The van der Waals surface area contributed by atoms with E-state index in [-0.39, 0.29) is 0 Å². The van der Waals surface area contributed by atoms with E-state index in [1.165, 1.54) is 0 Å². The van der Waals surface area contributed by atoms with E-state index in [0.717, 1.165) is 23.2 Å². The second-order valence-corrected chi connectivity index (χ2v) is 6.35. The third kappa shape index (κ3) is 3.70. The molecule has 0 bridgehead atoms. The molecule has 0 radical (unpaired) electrons. The first-order chi connectivity index (χ1) is 9.35. The molecule has 0 aliphatic carbocycles. The van der Waals surface area contributed by atoms with Crippen molar-refractivity contribution in [1.82, 2.24) is 15.0 Å². The largest absolute Gasteiger partial charge is 0.379 e. The molecule has 0 spiro atoms. The van der Waals surface area contributed by atoms with Crippen LogP contribution < -0.4 is 10.0 Å². The van der Waals surface area contributed by atoms with Gasteiger partial charge in [-0.25, -0.2) is 8.42 Å². The van der Waals surface area contributed by atoms with Crippen molar-refractivity contribution in [2.75, 3.05) is 16.3 Å². The maximum absolute atomic E-state index is 11.2. The number of rotatable bonds is 5. The van der Waals surface area contributed by atoms with E-state index in [1.54, 1.807) is 16.9 Å². The highest BCUT2D eigenvalue weighted by Crippen LogP contribution is 2.20. The molecule has 0 amide bonds. The van der Waals surface area contributed by atoms with Gasteiger partial charge < -0.3 is 5.32 Å². The van der Waals surface area contributed by atoms with Crippen molar-refractivity contribution in [3.05, 3.63) is 35.7 Å². The lowest BCUT2D eigenvalue weighted by Crippen LogP contribution is -2.11. The van der Waals surface area contributed by atoms with Crippen molar-refractivity contribution in [3.63, 3.8) is 0 Å². The van der Waals surface area contributed by atoms with E-state index in [0.29, 0.717) is 12.2 Å². The number of benzene rings is 1. The average Bonchev–Trinajstić information content (AvgIpc) is 2.74. The minimum absolute atomic E-state index is 0.584. The van der Waals surface area contributed by atoms with Crippen LogP contribution in [0.5, 0.6) is 0 Å². The second-order valence-electron chi connectivity index (χ2n) is 4.61. The number of nitrogens with one attached hydrogen (secondary N) is 2. The Labute approximate surface area is 118 Å². The molecule has 0 aliphatic rings. The topological polar surface area (TPSA) is 88.9 Å². The number of aryl methyl sites for hydroxylation is 2. The van der Waals surface area contributed by atoms with Crippen LogP contribution in [-0.2, 0) is 23.6 Å². The van der Waals surface area contributed by atoms with Crippen molar-refractivity contribution in [2.45, 2.75) is 13.5 Å². The minimum atomic E-state index is -3.26. The van der Waals surface area contributed by atoms with Gasteiger partial charge in [-0.3, -0.25) is 9.40 Å². The highest BCUT2D eigenvalue weighted by Gasteiger charge is 2.06. The summed E-state index contributed by atoms with van der Waals surface area (Å²) in [5.41, 5.74) is 3.30. The van der Waals surface area contributed by atoms with Gasteiger partial charge in [0.15, 0.2) is 0 Å². The first-order valence-corrected chi connectivity index (χ1v) is 7.90. The van der Waals surface area contributed by atoms with Crippen LogP contribution in [0.25, 0.3) is 0 Å². The molecule has 0 aliphatic heterocycles. The molecular weight excluding hydrogens is 278 g/mol. The van der Waals surface area contributed by atoms with Crippen molar-refractivity contribution >= 4 is 21.4 Å². The molecule has 1 aromatic heterocycles. The second kappa shape index (κ2) is 5.49. The fourth-order valence-corrected chi connectivity index (χ4v) is 2.38. The molecule has 1 heterocycles. The maximum Gasteiger partial charge on any atom is 0.229 e. The summed E-state index contributed by atoms with van der Waals surface area (Å²) in [7, 11) is -1.43. The standard InChI is InChI=1S/C12H17N5O2S/c1-9-6-10(4-5-12(9)15-20(3,18)19)13-7-11-8-14-16-17(11)2/h4-6,8,13,15H,7H2,1-3H3. The fourth-order valence-electron chi connectivity index (χ4n) is 1.75.